The molecule has 1 aromatic carbocycles. The van der Waals surface area contributed by atoms with Gasteiger partial charge in [0.2, 0.25) is 0 Å². The van der Waals surface area contributed by atoms with Gasteiger partial charge in [0.15, 0.2) is 4.77 Å². The van der Waals surface area contributed by atoms with Gasteiger partial charge >= 0.3 is 0 Å². The van der Waals surface area contributed by atoms with Crippen molar-refractivity contribution in [2.24, 2.45) is 0 Å². The minimum absolute atomic E-state index is 0.612. The summed E-state index contributed by atoms with van der Waals surface area (Å²) in [4.78, 5) is 5.67. The lowest BCUT2D eigenvalue weighted by Crippen LogP contribution is -2.31. The fourth-order valence-electron chi connectivity index (χ4n) is 2.27. The van der Waals surface area contributed by atoms with Gasteiger partial charge in [-0.3, -0.25) is 0 Å². The van der Waals surface area contributed by atoms with Gasteiger partial charge in [-0.25, -0.2) is 0 Å². The average Bonchev–Trinajstić information content (AvgIpc) is 2.70. The van der Waals surface area contributed by atoms with E-state index in [4.69, 9.17) is 12.2 Å². The van der Waals surface area contributed by atoms with E-state index >= 15 is 0 Å². The van der Waals surface area contributed by atoms with E-state index in [1.807, 2.05) is 0 Å². The van der Waals surface area contributed by atoms with E-state index in [2.05, 4.69) is 60.5 Å². The van der Waals surface area contributed by atoms with Crippen LogP contribution in [0.2, 0.25) is 0 Å². The summed E-state index contributed by atoms with van der Waals surface area (Å²) in [6.07, 6.45) is 1.18. The third kappa shape index (κ3) is 3.07. The first kappa shape index (κ1) is 14.3. The Labute approximate surface area is 120 Å². The van der Waals surface area contributed by atoms with Gasteiger partial charge in [-0.1, -0.05) is 13.0 Å². The zero-order chi connectivity index (χ0) is 14.0. The van der Waals surface area contributed by atoms with Gasteiger partial charge in [0, 0.05) is 19.1 Å². The van der Waals surface area contributed by atoms with E-state index in [9.17, 15) is 0 Å². The predicted molar refractivity (Wildman–Crippen MR) is 84.2 cm³/mol. The number of nitrogens with zero attached hydrogens (tertiary/aromatic N) is 2. The van der Waals surface area contributed by atoms with Crippen molar-refractivity contribution in [2.75, 3.05) is 13.6 Å². The molecule has 3 nitrogen and oxygen atoms in total. The Balaban J connectivity index is 2.23. The van der Waals surface area contributed by atoms with Gasteiger partial charge < -0.3 is 14.5 Å². The Morgan fingerprint density at radius 3 is 2.84 bits per heavy atom. The molecule has 0 radical (unpaired) electrons. The van der Waals surface area contributed by atoms with Crippen LogP contribution in [0.3, 0.4) is 0 Å². The molecule has 0 amide bonds. The van der Waals surface area contributed by atoms with E-state index < -0.39 is 0 Å². The number of imidazole rings is 1. The van der Waals surface area contributed by atoms with Gasteiger partial charge in [0.05, 0.1) is 11.0 Å². The van der Waals surface area contributed by atoms with Gasteiger partial charge in [-0.2, -0.15) is 0 Å². The van der Waals surface area contributed by atoms with Crippen molar-refractivity contribution in [2.45, 2.75) is 39.8 Å². The van der Waals surface area contributed by atoms with Crippen molar-refractivity contribution in [3.63, 3.8) is 0 Å². The van der Waals surface area contributed by atoms with E-state index in [1.165, 1.54) is 17.5 Å². The van der Waals surface area contributed by atoms with Crippen molar-refractivity contribution in [3.8, 4) is 0 Å². The van der Waals surface area contributed by atoms with Crippen molar-refractivity contribution in [1.29, 1.82) is 0 Å². The van der Waals surface area contributed by atoms with Crippen molar-refractivity contribution in [1.82, 2.24) is 14.5 Å². The number of nitrogens with one attached hydrogen (secondary N) is 1. The molecule has 1 unspecified atom stereocenters. The molecule has 1 atom stereocenters. The average molecular weight is 277 g/mol. The molecule has 0 saturated carbocycles. The maximum Gasteiger partial charge on any atom is 0.178 e. The Morgan fingerprint density at radius 2 is 2.16 bits per heavy atom. The Hall–Kier alpha value is -1.13. The Kier molecular flexibility index (Phi) is 4.42. The SMILES string of the molecule is CCC(C)N(C)CCn1c(=S)[nH]c2ccc(C)cc21. The van der Waals surface area contributed by atoms with Crippen LogP contribution in [0.15, 0.2) is 18.2 Å². The van der Waals surface area contributed by atoms with Crippen molar-refractivity contribution >= 4 is 23.3 Å². The minimum Gasteiger partial charge on any atom is -0.331 e. The molecule has 0 fully saturated rings. The van der Waals surface area contributed by atoms with Crippen LogP contribution in [-0.4, -0.2) is 34.1 Å². The number of hydrogen-bond donors (Lipinski definition) is 1. The first-order chi connectivity index (χ1) is 9.02. The Morgan fingerprint density at radius 1 is 1.42 bits per heavy atom. The number of hydrogen-bond acceptors (Lipinski definition) is 2. The zero-order valence-electron chi connectivity index (χ0n) is 12.2. The number of aryl methyl sites for hydroxylation is 1. The molecule has 19 heavy (non-hydrogen) atoms. The molecule has 0 saturated heterocycles. The zero-order valence-corrected chi connectivity index (χ0v) is 13.0. The van der Waals surface area contributed by atoms with Crippen LogP contribution < -0.4 is 0 Å². The van der Waals surface area contributed by atoms with Crippen LogP contribution >= 0.6 is 12.2 Å². The van der Waals surface area contributed by atoms with Crippen LogP contribution in [0.4, 0.5) is 0 Å². The second kappa shape index (κ2) is 5.88. The van der Waals surface area contributed by atoms with E-state index in [0.29, 0.717) is 6.04 Å². The largest absolute Gasteiger partial charge is 0.331 e. The van der Waals surface area contributed by atoms with Crippen LogP contribution in [0.5, 0.6) is 0 Å². The lowest BCUT2D eigenvalue weighted by atomic mass is 10.2. The first-order valence-corrected chi connectivity index (χ1v) is 7.33. The highest BCUT2D eigenvalue weighted by Gasteiger charge is 2.09. The molecular weight excluding hydrogens is 254 g/mol. The maximum absolute atomic E-state index is 5.43. The molecule has 1 N–H and O–H groups in total. The summed E-state index contributed by atoms with van der Waals surface area (Å²) in [5.74, 6) is 0. The lowest BCUT2D eigenvalue weighted by molar-refractivity contribution is 0.243. The van der Waals surface area contributed by atoms with Gasteiger partial charge in [0.1, 0.15) is 0 Å². The second-order valence-corrected chi connectivity index (χ2v) is 5.73. The fourth-order valence-corrected chi connectivity index (χ4v) is 2.57. The molecule has 1 heterocycles. The number of aromatic nitrogens is 2. The molecule has 0 aliphatic carbocycles. The number of rotatable bonds is 5. The van der Waals surface area contributed by atoms with Gasteiger partial charge in [-0.05, 0) is 57.2 Å². The topological polar surface area (TPSA) is 24.0 Å². The third-order valence-electron chi connectivity index (χ3n) is 3.95. The number of fused-ring (bicyclic) bond motifs is 1. The number of benzene rings is 1. The summed E-state index contributed by atoms with van der Waals surface area (Å²) in [6.45, 7) is 8.55. The molecule has 0 aliphatic heterocycles. The molecule has 104 valence electrons. The summed E-state index contributed by atoms with van der Waals surface area (Å²) in [7, 11) is 2.18. The summed E-state index contributed by atoms with van der Waals surface area (Å²) in [5, 5.41) is 0. The predicted octanol–water partition coefficient (Wildman–Crippen LogP) is 3.74. The van der Waals surface area contributed by atoms with Gasteiger partial charge in [0.25, 0.3) is 0 Å². The van der Waals surface area contributed by atoms with Crippen LogP contribution in [0.25, 0.3) is 11.0 Å². The smallest absolute Gasteiger partial charge is 0.178 e. The van der Waals surface area contributed by atoms with Crippen LogP contribution in [0, 0.1) is 11.7 Å². The van der Waals surface area contributed by atoms with Crippen LogP contribution in [0.1, 0.15) is 25.8 Å². The Bertz CT molecular complexity index is 611. The molecular formula is C15H23N3S. The molecule has 0 spiro atoms. The molecule has 0 bridgehead atoms. The minimum atomic E-state index is 0.612. The summed E-state index contributed by atoms with van der Waals surface area (Å²) in [5.41, 5.74) is 3.61. The molecule has 0 aliphatic rings. The highest BCUT2D eigenvalue weighted by molar-refractivity contribution is 7.71. The number of H-pyrrole nitrogens is 1. The summed E-state index contributed by atoms with van der Waals surface area (Å²) < 4.78 is 3.02. The fraction of sp³-hybridized carbons (Fsp3) is 0.533. The lowest BCUT2D eigenvalue weighted by Gasteiger charge is -2.23. The molecule has 4 heteroatoms. The molecule has 2 rings (SSSR count). The van der Waals surface area contributed by atoms with E-state index in [1.54, 1.807) is 0 Å². The maximum atomic E-state index is 5.43. The van der Waals surface area contributed by atoms with Crippen molar-refractivity contribution in [3.05, 3.63) is 28.5 Å². The summed E-state index contributed by atoms with van der Waals surface area (Å²) in [6, 6.07) is 7.03. The standard InChI is InChI=1S/C15H23N3S/c1-5-12(3)17(4)8-9-18-14-10-11(2)6-7-13(14)16-15(18)19/h6-7,10,12H,5,8-9H2,1-4H3,(H,16,19). The molecule has 1 aromatic heterocycles. The normalized spacial score (nSPS) is 13.3. The highest BCUT2D eigenvalue weighted by atomic mass is 32.1. The monoisotopic (exact) mass is 277 g/mol. The first-order valence-electron chi connectivity index (χ1n) is 6.92. The third-order valence-corrected chi connectivity index (χ3v) is 4.27. The van der Waals surface area contributed by atoms with E-state index in [0.717, 1.165) is 23.4 Å². The van der Waals surface area contributed by atoms with Crippen molar-refractivity contribution < 1.29 is 0 Å². The second-order valence-electron chi connectivity index (χ2n) is 5.34. The molecule has 2 aromatic rings. The van der Waals surface area contributed by atoms with E-state index in [-0.39, 0.29) is 0 Å². The number of likely N-dealkylation sites (N-methyl/N-ethyl adjacent to an activating group) is 1. The van der Waals surface area contributed by atoms with Crippen LogP contribution in [-0.2, 0) is 6.54 Å². The van der Waals surface area contributed by atoms with Gasteiger partial charge in [-0.15, -0.1) is 0 Å². The summed E-state index contributed by atoms with van der Waals surface area (Å²) >= 11 is 5.43. The quantitative estimate of drug-likeness (QED) is 0.842. The highest BCUT2D eigenvalue weighted by Crippen LogP contribution is 2.16. The number of aromatic amines is 1.